The molecule has 0 spiro atoms. The van der Waals surface area contributed by atoms with E-state index in [-0.39, 0.29) is 5.91 Å². The average Bonchev–Trinajstić information content (AvgIpc) is 3.17. The molecule has 2 aromatic carbocycles. The van der Waals surface area contributed by atoms with Gasteiger partial charge in [0.15, 0.2) is 0 Å². The van der Waals surface area contributed by atoms with E-state index < -0.39 is 0 Å². The van der Waals surface area contributed by atoms with E-state index in [4.69, 9.17) is 5.73 Å². The number of carbonyl (C=O) groups is 1. The lowest BCUT2D eigenvalue weighted by atomic mass is 9.96. The van der Waals surface area contributed by atoms with Crippen molar-refractivity contribution in [2.45, 2.75) is 51.0 Å². The molecule has 0 radical (unpaired) electrons. The summed E-state index contributed by atoms with van der Waals surface area (Å²) in [6.07, 6.45) is 7.60. The first kappa shape index (κ1) is 16.2. The van der Waals surface area contributed by atoms with E-state index in [1.165, 1.54) is 48.1 Å². The Hall–Kier alpha value is -2.29. The molecule has 2 aromatic rings. The van der Waals surface area contributed by atoms with Gasteiger partial charge in [0.05, 0.1) is 0 Å². The summed E-state index contributed by atoms with van der Waals surface area (Å²) in [6, 6.07) is 15.1. The van der Waals surface area contributed by atoms with E-state index in [0.29, 0.717) is 5.56 Å². The quantitative estimate of drug-likeness (QED) is 0.901. The van der Waals surface area contributed by atoms with E-state index >= 15 is 0 Å². The van der Waals surface area contributed by atoms with Crippen LogP contribution in [-0.4, -0.2) is 12.5 Å². The Kier molecular flexibility index (Phi) is 4.48. The molecule has 2 N–H and O–H groups in total. The molecule has 4 rings (SSSR count). The van der Waals surface area contributed by atoms with Gasteiger partial charge in [-0.2, -0.15) is 0 Å². The van der Waals surface area contributed by atoms with Crippen LogP contribution in [0.2, 0.25) is 0 Å². The van der Waals surface area contributed by atoms with Crippen molar-refractivity contribution in [3.63, 3.8) is 0 Å². The van der Waals surface area contributed by atoms with E-state index in [2.05, 4.69) is 35.2 Å². The lowest BCUT2D eigenvalue weighted by Gasteiger charge is -2.31. The lowest BCUT2D eigenvalue weighted by Crippen LogP contribution is -2.29. The maximum absolute atomic E-state index is 11.4. The molecule has 1 aliphatic carbocycles. The standard InChI is InChI=1S/C22H26N2O/c23-22(25)20-11-12-21-19(14-20)6-3-13-24(21)15-16-7-9-18(10-8-16)17-4-1-2-5-17/h7-12,14,17H,1-6,13,15H2,(H2,23,25). The first-order valence-electron chi connectivity index (χ1n) is 9.47. The third-order valence-electron chi connectivity index (χ3n) is 5.76. The molecule has 130 valence electrons. The second kappa shape index (κ2) is 6.91. The fourth-order valence-electron chi connectivity index (χ4n) is 4.37. The van der Waals surface area contributed by atoms with Gasteiger partial charge in [-0.05, 0) is 66.5 Å². The van der Waals surface area contributed by atoms with Gasteiger partial charge in [-0.15, -0.1) is 0 Å². The van der Waals surface area contributed by atoms with Crippen LogP contribution in [0.1, 0.15) is 65.1 Å². The van der Waals surface area contributed by atoms with Crippen molar-refractivity contribution in [1.29, 1.82) is 0 Å². The van der Waals surface area contributed by atoms with Crippen molar-refractivity contribution >= 4 is 11.6 Å². The normalized spacial score (nSPS) is 17.5. The summed E-state index contributed by atoms with van der Waals surface area (Å²) in [5.74, 6) is 0.430. The van der Waals surface area contributed by atoms with Crippen molar-refractivity contribution in [2.75, 3.05) is 11.4 Å². The maximum Gasteiger partial charge on any atom is 0.248 e. The van der Waals surface area contributed by atoms with E-state index in [1.54, 1.807) is 0 Å². The third kappa shape index (κ3) is 3.41. The van der Waals surface area contributed by atoms with Gasteiger partial charge >= 0.3 is 0 Å². The van der Waals surface area contributed by atoms with Crippen molar-refractivity contribution in [3.05, 3.63) is 64.7 Å². The van der Waals surface area contributed by atoms with Crippen LogP contribution in [-0.2, 0) is 13.0 Å². The van der Waals surface area contributed by atoms with Gasteiger partial charge in [0.25, 0.3) is 0 Å². The molecule has 25 heavy (non-hydrogen) atoms. The molecule has 0 aromatic heterocycles. The maximum atomic E-state index is 11.4. The fraction of sp³-hybridized carbons (Fsp3) is 0.409. The number of fused-ring (bicyclic) bond motifs is 1. The molecule has 1 saturated carbocycles. The number of anilines is 1. The first-order chi connectivity index (χ1) is 12.2. The van der Waals surface area contributed by atoms with Gasteiger partial charge < -0.3 is 10.6 Å². The van der Waals surface area contributed by atoms with Crippen LogP contribution in [0, 0.1) is 0 Å². The fourth-order valence-corrected chi connectivity index (χ4v) is 4.37. The summed E-state index contributed by atoms with van der Waals surface area (Å²) >= 11 is 0. The Morgan fingerprint density at radius 3 is 2.52 bits per heavy atom. The molecule has 3 heteroatoms. The highest BCUT2D eigenvalue weighted by atomic mass is 16.1. The molecule has 1 fully saturated rings. The number of hydrogen-bond donors (Lipinski definition) is 1. The van der Waals surface area contributed by atoms with Crippen molar-refractivity contribution in [2.24, 2.45) is 5.73 Å². The number of carbonyl (C=O) groups excluding carboxylic acids is 1. The molecule has 0 bridgehead atoms. The smallest absolute Gasteiger partial charge is 0.248 e. The van der Waals surface area contributed by atoms with Gasteiger partial charge in [0.2, 0.25) is 5.91 Å². The highest BCUT2D eigenvalue weighted by molar-refractivity contribution is 5.93. The predicted molar refractivity (Wildman–Crippen MR) is 102 cm³/mol. The van der Waals surface area contributed by atoms with Crippen LogP contribution >= 0.6 is 0 Å². The molecule has 0 unspecified atom stereocenters. The van der Waals surface area contributed by atoms with Gasteiger partial charge in [-0.3, -0.25) is 4.79 Å². The van der Waals surface area contributed by atoms with Gasteiger partial charge in [-0.25, -0.2) is 0 Å². The highest BCUT2D eigenvalue weighted by Crippen LogP contribution is 2.34. The summed E-state index contributed by atoms with van der Waals surface area (Å²) in [5.41, 5.74) is 11.4. The molecule has 1 heterocycles. The molecule has 0 saturated heterocycles. The number of benzene rings is 2. The summed E-state index contributed by atoms with van der Waals surface area (Å²) in [6.45, 7) is 1.99. The Morgan fingerprint density at radius 1 is 1.04 bits per heavy atom. The summed E-state index contributed by atoms with van der Waals surface area (Å²) < 4.78 is 0. The molecule has 2 aliphatic rings. The number of nitrogens with zero attached hydrogens (tertiary/aromatic N) is 1. The Balaban J connectivity index is 1.51. The van der Waals surface area contributed by atoms with Crippen molar-refractivity contribution in [3.8, 4) is 0 Å². The molecule has 1 aliphatic heterocycles. The van der Waals surface area contributed by atoms with Crippen LogP contribution in [0.3, 0.4) is 0 Å². The largest absolute Gasteiger partial charge is 0.367 e. The Morgan fingerprint density at radius 2 is 1.80 bits per heavy atom. The molecule has 1 amide bonds. The number of rotatable bonds is 4. The average molecular weight is 334 g/mol. The summed E-state index contributed by atoms with van der Waals surface area (Å²) in [7, 11) is 0. The zero-order chi connectivity index (χ0) is 17.2. The van der Waals surface area contributed by atoms with Gasteiger partial charge in [-0.1, -0.05) is 37.1 Å². The third-order valence-corrected chi connectivity index (χ3v) is 5.76. The van der Waals surface area contributed by atoms with E-state index in [1.807, 2.05) is 12.1 Å². The van der Waals surface area contributed by atoms with Crippen LogP contribution in [0.15, 0.2) is 42.5 Å². The second-order valence-electron chi connectivity index (χ2n) is 7.46. The van der Waals surface area contributed by atoms with E-state index in [0.717, 1.165) is 31.8 Å². The minimum Gasteiger partial charge on any atom is -0.367 e. The van der Waals surface area contributed by atoms with Crippen LogP contribution in [0.25, 0.3) is 0 Å². The number of primary amides is 1. The Labute approximate surface area is 149 Å². The number of amides is 1. The zero-order valence-electron chi connectivity index (χ0n) is 14.7. The molecular weight excluding hydrogens is 308 g/mol. The molecule has 3 nitrogen and oxygen atoms in total. The summed E-state index contributed by atoms with van der Waals surface area (Å²) in [5, 5.41) is 0. The zero-order valence-corrected chi connectivity index (χ0v) is 14.7. The van der Waals surface area contributed by atoms with Gasteiger partial charge in [0.1, 0.15) is 0 Å². The van der Waals surface area contributed by atoms with Crippen LogP contribution < -0.4 is 10.6 Å². The minimum absolute atomic E-state index is 0.345. The SMILES string of the molecule is NC(=O)c1ccc2c(c1)CCCN2Cc1ccc(C2CCCC2)cc1. The van der Waals surface area contributed by atoms with Crippen molar-refractivity contribution in [1.82, 2.24) is 0 Å². The number of aryl methyl sites for hydroxylation is 1. The van der Waals surface area contributed by atoms with Crippen LogP contribution in [0.4, 0.5) is 5.69 Å². The Bertz CT molecular complexity index is 760. The monoisotopic (exact) mass is 334 g/mol. The lowest BCUT2D eigenvalue weighted by molar-refractivity contribution is 0.1000. The number of nitrogens with two attached hydrogens (primary N) is 1. The minimum atomic E-state index is -0.345. The first-order valence-corrected chi connectivity index (χ1v) is 9.47. The highest BCUT2D eigenvalue weighted by Gasteiger charge is 2.19. The summed E-state index contributed by atoms with van der Waals surface area (Å²) in [4.78, 5) is 13.8. The van der Waals surface area contributed by atoms with Crippen molar-refractivity contribution < 1.29 is 4.79 Å². The van der Waals surface area contributed by atoms with Gasteiger partial charge in [0, 0.05) is 24.3 Å². The van der Waals surface area contributed by atoms with E-state index in [9.17, 15) is 4.79 Å². The molecule has 0 atom stereocenters. The number of hydrogen-bond acceptors (Lipinski definition) is 2. The van der Waals surface area contributed by atoms with Crippen LogP contribution in [0.5, 0.6) is 0 Å². The topological polar surface area (TPSA) is 46.3 Å². The molecular formula is C22H26N2O. The second-order valence-corrected chi connectivity index (χ2v) is 7.46. The predicted octanol–water partition coefficient (Wildman–Crippen LogP) is 4.40.